The Balaban J connectivity index is 1.90. The monoisotopic (exact) mass is 216 g/mol. The number of rotatable bonds is 1. The van der Waals surface area contributed by atoms with Crippen LogP contribution in [0.2, 0.25) is 0 Å². The van der Waals surface area contributed by atoms with E-state index in [0.29, 0.717) is 5.92 Å². The number of ether oxygens (including phenoxy) is 1. The average Bonchev–Trinajstić information content (AvgIpc) is 2.75. The Morgan fingerprint density at radius 2 is 2.06 bits per heavy atom. The molecular formula is C14H16O2. The fraction of sp³-hybridized carbons (Fsp3) is 0.429. The lowest BCUT2D eigenvalue weighted by atomic mass is 9.80. The number of aliphatic hydroxyl groups is 1. The summed E-state index contributed by atoms with van der Waals surface area (Å²) in [5, 5.41) is 9.37. The van der Waals surface area contributed by atoms with Crippen LogP contribution in [-0.2, 0) is 11.2 Å². The second-order valence-corrected chi connectivity index (χ2v) is 4.57. The van der Waals surface area contributed by atoms with Gasteiger partial charge < -0.3 is 9.84 Å². The molecule has 3 rings (SSSR count). The lowest BCUT2D eigenvalue weighted by Crippen LogP contribution is -2.23. The van der Waals surface area contributed by atoms with Crippen molar-refractivity contribution in [3.8, 4) is 0 Å². The van der Waals surface area contributed by atoms with Crippen molar-refractivity contribution in [1.82, 2.24) is 0 Å². The Morgan fingerprint density at radius 1 is 1.19 bits per heavy atom. The Morgan fingerprint density at radius 3 is 2.88 bits per heavy atom. The molecule has 0 bridgehead atoms. The smallest absolute Gasteiger partial charge is 0.174 e. The molecule has 0 spiro atoms. The van der Waals surface area contributed by atoms with E-state index < -0.39 is 6.29 Å². The van der Waals surface area contributed by atoms with E-state index in [1.807, 2.05) is 6.08 Å². The average molecular weight is 216 g/mol. The van der Waals surface area contributed by atoms with Gasteiger partial charge in [0, 0.05) is 5.92 Å². The molecule has 16 heavy (non-hydrogen) atoms. The topological polar surface area (TPSA) is 29.5 Å². The summed E-state index contributed by atoms with van der Waals surface area (Å²) in [4.78, 5) is 0. The van der Waals surface area contributed by atoms with Crippen molar-refractivity contribution in [3.63, 3.8) is 0 Å². The molecule has 0 saturated heterocycles. The number of hydrogen-bond acceptors (Lipinski definition) is 2. The van der Waals surface area contributed by atoms with Crippen molar-refractivity contribution in [2.24, 2.45) is 0 Å². The molecule has 84 valence electrons. The molecule has 2 aliphatic rings. The molecule has 0 aromatic heterocycles. The highest BCUT2D eigenvalue weighted by Gasteiger charge is 2.30. The molecule has 1 aromatic carbocycles. The zero-order chi connectivity index (χ0) is 11.0. The van der Waals surface area contributed by atoms with E-state index in [1.165, 1.54) is 24.0 Å². The summed E-state index contributed by atoms with van der Waals surface area (Å²) in [6.07, 6.45) is 6.62. The molecule has 0 radical (unpaired) electrons. The summed E-state index contributed by atoms with van der Waals surface area (Å²) in [6.45, 7) is 0. The van der Waals surface area contributed by atoms with Crippen LogP contribution in [0.15, 0.2) is 36.4 Å². The number of aliphatic hydroxyl groups excluding tert-OH is 1. The molecular weight excluding hydrogens is 200 g/mol. The number of benzene rings is 1. The molecule has 2 nitrogen and oxygen atoms in total. The minimum Gasteiger partial charge on any atom is -0.365 e. The standard InChI is InChI=1S/C14H16O2/c15-14-9-8-13(16-14)12-7-3-5-10-4-1-2-6-11(10)12/h1-2,4,6,8-9,12-15H,3,5,7H2/t12-,13?,14?/m1/s1. The first-order chi connectivity index (χ1) is 7.84. The van der Waals surface area contributed by atoms with Gasteiger partial charge in [-0.25, -0.2) is 0 Å². The molecule has 1 heterocycles. The molecule has 3 atom stereocenters. The fourth-order valence-electron chi connectivity index (χ4n) is 2.82. The molecule has 1 aliphatic carbocycles. The van der Waals surface area contributed by atoms with Crippen LogP contribution in [0.4, 0.5) is 0 Å². The molecule has 0 fully saturated rings. The van der Waals surface area contributed by atoms with Gasteiger partial charge in [-0.15, -0.1) is 0 Å². The van der Waals surface area contributed by atoms with Crippen LogP contribution < -0.4 is 0 Å². The Labute approximate surface area is 95.6 Å². The van der Waals surface area contributed by atoms with Crippen LogP contribution in [0.3, 0.4) is 0 Å². The molecule has 0 amide bonds. The maximum Gasteiger partial charge on any atom is 0.174 e. The largest absolute Gasteiger partial charge is 0.365 e. The minimum atomic E-state index is -0.709. The first kappa shape index (κ1) is 10.1. The number of hydrogen-bond donors (Lipinski definition) is 1. The van der Waals surface area contributed by atoms with Crippen LogP contribution >= 0.6 is 0 Å². The molecule has 1 N–H and O–H groups in total. The van der Waals surface area contributed by atoms with Crippen LogP contribution in [0.1, 0.15) is 29.9 Å². The maximum absolute atomic E-state index is 9.37. The van der Waals surface area contributed by atoms with Gasteiger partial charge in [0.05, 0.1) is 6.10 Å². The summed E-state index contributed by atoms with van der Waals surface area (Å²) in [5.41, 5.74) is 2.84. The highest BCUT2D eigenvalue weighted by Crippen LogP contribution is 2.37. The second-order valence-electron chi connectivity index (χ2n) is 4.57. The van der Waals surface area contributed by atoms with Gasteiger partial charge in [-0.1, -0.05) is 30.3 Å². The quantitative estimate of drug-likeness (QED) is 0.730. The third-order valence-electron chi connectivity index (χ3n) is 3.57. The predicted molar refractivity (Wildman–Crippen MR) is 62.1 cm³/mol. The lowest BCUT2D eigenvalue weighted by molar-refractivity contribution is -0.0817. The highest BCUT2D eigenvalue weighted by molar-refractivity contribution is 5.34. The van der Waals surface area contributed by atoms with E-state index in [4.69, 9.17) is 4.74 Å². The maximum atomic E-state index is 9.37. The Kier molecular flexibility index (Phi) is 2.54. The first-order valence-electron chi connectivity index (χ1n) is 5.94. The first-order valence-corrected chi connectivity index (χ1v) is 5.94. The number of aryl methyl sites for hydroxylation is 1. The summed E-state index contributed by atoms with van der Waals surface area (Å²) >= 11 is 0. The van der Waals surface area contributed by atoms with Crippen molar-refractivity contribution in [1.29, 1.82) is 0 Å². The van der Waals surface area contributed by atoms with Crippen molar-refractivity contribution >= 4 is 0 Å². The van der Waals surface area contributed by atoms with E-state index in [2.05, 4.69) is 24.3 Å². The van der Waals surface area contributed by atoms with Gasteiger partial charge in [-0.2, -0.15) is 0 Å². The van der Waals surface area contributed by atoms with Gasteiger partial charge >= 0.3 is 0 Å². The fourth-order valence-corrected chi connectivity index (χ4v) is 2.82. The number of fused-ring (bicyclic) bond motifs is 1. The summed E-state index contributed by atoms with van der Waals surface area (Å²) in [6, 6.07) is 8.59. The van der Waals surface area contributed by atoms with Gasteiger partial charge in [-0.3, -0.25) is 0 Å². The van der Waals surface area contributed by atoms with E-state index in [1.54, 1.807) is 6.08 Å². The molecule has 1 aromatic rings. The SMILES string of the molecule is OC1C=CC([C@@H]2CCCc3ccccc32)O1. The summed E-state index contributed by atoms with van der Waals surface area (Å²) in [5.74, 6) is 0.415. The van der Waals surface area contributed by atoms with Crippen LogP contribution in [0, 0.1) is 0 Å². The van der Waals surface area contributed by atoms with Crippen LogP contribution in [0.5, 0.6) is 0 Å². The highest BCUT2D eigenvalue weighted by atomic mass is 16.6. The molecule has 2 unspecified atom stereocenters. The molecule has 2 heteroatoms. The van der Waals surface area contributed by atoms with Gasteiger partial charge in [0.1, 0.15) is 0 Å². The molecule has 0 saturated carbocycles. The third kappa shape index (κ3) is 1.68. The normalized spacial score (nSPS) is 32.7. The van der Waals surface area contributed by atoms with Crippen molar-refractivity contribution in [2.45, 2.75) is 37.6 Å². The van der Waals surface area contributed by atoms with Gasteiger partial charge in [0.2, 0.25) is 0 Å². The zero-order valence-corrected chi connectivity index (χ0v) is 9.17. The van der Waals surface area contributed by atoms with Gasteiger partial charge in [-0.05, 0) is 36.5 Å². The van der Waals surface area contributed by atoms with Gasteiger partial charge in [0.25, 0.3) is 0 Å². The third-order valence-corrected chi connectivity index (χ3v) is 3.57. The zero-order valence-electron chi connectivity index (χ0n) is 9.17. The van der Waals surface area contributed by atoms with E-state index in [-0.39, 0.29) is 6.10 Å². The van der Waals surface area contributed by atoms with Crippen LogP contribution in [0.25, 0.3) is 0 Å². The summed E-state index contributed by atoms with van der Waals surface area (Å²) in [7, 11) is 0. The Bertz CT molecular complexity index is 411. The van der Waals surface area contributed by atoms with Crippen molar-refractivity contribution in [3.05, 3.63) is 47.5 Å². The van der Waals surface area contributed by atoms with Crippen molar-refractivity contribution in [2.75, 3.05) is 0 Å². The molecule has 1 aliphatic heterocycles. The van der Waals surface area contributed by atoms with Gasteiger partial charge in [0.15, 0.2) is 6.29 Å². The summed E-state index contributed by atoms with van der Waals surface area (Å²) < 4.78 is 5.50. The predicted octanol–water partition coefficient (Wildman–Crippen LogP) is 2.38. The van der Waals surface area contributed by atoms with Crippen LogP contribution in [-0.4, -0.2) is 17.5 Å². The van der Waals surface area contributed by atoms with E-state index >= 15 is 0 Å². The Hall–Kier alpha value is -1.12. The van der Waals surface area contributed by atoms with E-state index in [9.17, 15) is 5.11 Å². The lowest BCUT2D eigenvalue weighted by Gasteiger charge is -2.29. The minimum absolute atomic E-state index is 0.0523. The van der Waals surface area contributed by atoms with E-state index in [0.717, 1.165) is 6.42 Å². The van der Waals surface area contributed by atoms with Crippen molar-refractivity contribution < 1.29 is 9.84 Å². The second kappa shape index (κ2) is 4.04.